The maximum atomic E-state index is 12.9. The third-order valence-corrected chi connectivity index (χ3v) is 5.62. The smallest absolute Gasteiger partial charge is 0.246 e. The second-order valence-corrected chi connectivity index (χ2v) is 7.72. The van der Waals surface area contributed by atoms with E-state index in [0.29, 0.717) is 13.1 Å². The first-order chi connectivity index (χ1) is 13.3. The van der Waals surface area contributed by atoms with Crippen molar-refractivity contribution in [3.8, 4) is 0 Å². The van der Waals surface area contributed by atoms with E-state index in [1.54, 1.807) is 23.6 Å². The number of para-hydroxylation sites is 1. The van der Waals surface area contributed by atoms with Gasteiger partial charge in [-0.3, -0.25) is 9.78 Å². The van der Waals surface area contributed by atoms with Crippen LogP contribution in [0.15, 0.2) is 60.1 Å². The van der Waals surface area contributed by atoms with Gasteiger partial charge in [0.1, 0.15) is 0 Å². The Morgan fingerprint density at radius 2 is 2.19 bits per heavy atom. The fraction of sp³-hybridized carbons (Fsp3) is 0.273. The minimum Gasteiger partial charge on any atom is -0.376 e. The zero-order chi connectivity index (χ0) is 18.5. The number of aromatic nitrogens is 1. The molecule has 1 atom stereocenters. The summed E-state index contributed by atoms with van der Waals surface area (Å²) in [6, 6.07) is 14.0. The summed E-state index contributed by atoms with van der Waals surface area (Å²) in [5, 5.41) is 3.11. The Morgan fingerprint density at radius 1 is 1.26 bits per heavy atom. The highest BCUT2D eigenvalue weighted by Crippen LogP contribution is 2.19. The molecule has 1 amide bonds. The van der Waals surface area contributed by atoms with Crippen LogP contribution < -0.4 is 0 Å². The SMILES string of the molecule is O=C(/C=C/c1cccc2cccnc12)N(Cc1cccs1)CC1CCCO1. The highest BCUT2D eigenvalue weighted by molar-refractivity contribution is 7.09. The number of ether oxygens (including phenoxy) is 1. The summed E-state index contributed by atoms with van der Waals surface area (Å²) in [5.74, 6) is 0.00633. The minimum atomic E-state index is 0.00633. The van der Waals surface area contributed by atoms with Crippen LogP contribution in [-0.4, -0.2) is 35.0 Å². The molecule has 0 N–H and O–H groups in total. The number of thiophene rings is 1. The molecule has 1 saturated heterocycles. The molecule has 0 bridgehead atoms. The van der Waals surface area contributed by atoms with E-state index >= 15 is 0 Å². The molecule has 0 spiro atoms. The molecular formula is C22H22N2O2S. The predicted octanol–water partition coefficient (Wildman–Crippen LogP) is 4.52. The lowest BCUT2D eigenvalue weighted by molar-refractivity contribution is -0.128. The van der Waals surface area contributed by atoms with Crippen molar-refractivity contribution in [2.45, 2.75) is 25.5 Å². The summed E-state index contributed by atoms with van der Waals surface area (Å²) >= 11 is 1.67. The molecule has 4 rings (SSSR count). The Kier molecular flexibility index (Phi) is 5.61. The largest absolute Gasteiger partial charge is 0.376 e. The third-order valence-electron chi connectivity index (χ3n) is 4.76. The molecule has 1 aliphatic rings. The first kappa shape index (κ1) is 17.9. The molecule has 1 fully saturated rings. The van der Waals surface area contributed by atoms with Gasteiger partial charge in [0, 0.05) is 41.3 Å². The van der Waals surface area contributed by atoms with Crippen molar-refractivity contribution >= 4 is 34.2 Å². The number of carbonyl (C=O) groups is 1. The average Bonchev–Trinajstić information content (AvgIpc) is 3.40. The van der Waals surface area contributed by atoms with E-state index in [1.807, 2.05) is 52.8 Å². The Balaban J connectivity index is 1.53. The Morgan fingerprint density at radius 3 is 3.00 bits per heavy atom. The number of hydrogen-bond donors (Lipinski definition) is 0. The van der Waals surface area contributed by atoms with Crippen molar-refractivity contribution in [3.05, 3.63) is 70.6 Å². The number of amides is 1. The van der Waals surface area contributed by atoms with Crippen molar-refractivity contribution in [3.63, 3.8) is 0 Å². The molecule has 3 heterocycles. The summed E-state index contributed by atoms with van der Waals surface area (Å²) < 4.78 is 5.75. The summed E-state index contributed by atoms with van der Waals surface area (Å²) in [6.45, 7) is 2.05. The van der Waals surface area contributed by atoms with Crippen LogP contribution in [0, 0.1) is 0 Å². The number of pyridine rings is 1. The lowest BCUT2D eigenvalue weighted by Crippen LogP contribution is -2.35. The first-order valence-electron chi connectivity index (χ1n) is 9.24. The molecule has 3 aromatic rings. The normalized spacial score (nSPS) is 17.0. The fourth-order valence-corrected chi connectivity index (χ4v) is 4.11. The van der Waals surface area contributed by atoms with Crippen LogP contribution >= 0.6 is 11.3 Å². The van der Waals surface area contributed by atoms with Gasteiger partial charge in [0.05, 0.1) is 18.2 Å². The topological polar surface area (TPSA) is 42.4 Å². The number of benzene rings is 1. The van der Waals surface area contributed by atoms with Gasteiger partial charge in [0.2, 0.25) is 5.91 Å². The van der Waals surface area contributed by atoms with Gasteiger partial charge in [-0.1, -0.05) is 30.3 Å². The van der Waals surface area contributed by atoms with E-state index in [9.17, 15) is 4.79 Å². The van der Waals surface area contributed by atoms with Crippen LogP contribution in [0.4, 0.5) is 0 Å². The van der Waals surface area contributed by atoms with Crippen LogP contribution in [0.1, 0.15) is 23.3 Å². The van der Waals surface area contributed by atoms with E-state index in [2.05, 4.69) is 11.1 Å². The highest BCUT2D eigenvalue weighted by atomic mass is 32.1. The van der Waals surface area contributed by atoms with Gasteiger partial charge in [0.15, 0.2) is 0 Å². The maximum absolute atomic E-state index is 12.9. The van der Waals surface area contributed by atoms with E-state index < -0.39 is 0 Å². The molecule has 1 aliphatic heterocycles. The van der Waals surface area contributed by atoms with Crippen LogP contribution in [0.5, 0.6) is 0 Å². The summed E-state index contributed by atoms with van der Waals surface area (Å²) in [6.07, 6.45) is 7.54. The van der Waals surface area contributed by atoms with E-state index in [4.69, 9.17) is 4.74 Å². The van der Waals surface area contributed by atoms with Gasteiger partial charge >= 0.3 is 0 Å². The monoisotopic (exact) mass is 378 g/mol. The quantitative estimate of drug-likeness (QED) is 0.593. The summed E-state index contributed by atoms with van der Waals surface area (Å²) in [4.78, 5) is 20.5. The summed E-state index contributed by atoms with van der Waals surface area (Å²) in [7, 11) is 0. The second kappa shape index (κ2) is 8.46. The zero-order valence-electron chi connectivity index (χ0n) is 15.1. The minimum absolute atomic E-state index is 0.00633. The summed E-state index contributed by atoms with van der Waals surface area (Å²) in [5.41, 5.74) is 1.86. The lowest BCUT2D eigenvalue weighted by Gasteiger charge is -2.23. The molecule has 2 aromatic heterocycles. The molecule has 4 nitrogen and oxygen atoms in total. The third kappa shape index (κ3) is 4.43. The molecule has 0 radical (unpaired) electrons. The van der Waals surface area contributed by atoms with E-state index in [0.717, 1.165) is 35.9 Å². The van der Waals surface area contributed by atoms with Gasteiger partial charge in [-0.05, 0) is 36.4 Å². The van der Waals surface area contributed by atoms with Crippen LogP contribution in [0.2, 0.25) is 0 Å². The average molecular weight is 378 g/mol. The van der Waals surface area contributed by atoms with Crippen LogP contribution in [0.3, 0.4) is 0 Å². The van der Waals surface area contributed by atoms with Crippen molar-refractivity contribution < 1.29 is 9.53 Å². The lowest BCUT2D eigenvalue weighted by atomic mass is 10.1. The highest BCUT2D eigenvalue weighted by Gasteiger charge is 2.22. The van der Waals surface area contributed by atoms with Gasteiger partial charge in [-0.25, -0.2) is 0 Å². The fourth-order valence-electron chi connectivity index (χ4n) is 3.39. The zero-order valence-corrected chi connectivity index (χ0v) is 15.9. The second-order valence-electron chi connectivity index (χ2n) is 6.69. The molecule has 5 heteroatoms. The van der Waals surface area contributed by atoms with Crippen molar-refractivity contribution in [2.75, 3.05) is 13.2 Å². The van der Waals surface area contributed by atoms with Gasteiger partial charge in [0.25, 0.3) is 0 Å². The number of hydrogen-bond acceptors (Lipinski definition) is 4. The van der Waals surface area contributed by atoms with Crippen molar-refractivity contribution in [1.29, 1.82) is 0 Å². The Labute approximate surface area is 163 Å². The van der Waals surface area contributed by atoms with E-state index in [-0.39, 0.29) is 12.0 Å². The van der Waals surface area contributed by atoms with Crippen molar-refractivity contribution in [1.82, 2.24) is 9.88 Å². The van der Waals surface area contributed by atoms with Gasteiger partial charge in [-0.2, -0.15) is 0 Å². The Hall–Kier alpha value is -2.50. The molecule has 27 heavy (non-hydrogen) atoms. The number of nitrogens with zero attached hydrogens (tertiary/aromatic N) is 2. The van der Waals surface area contributed by atoms with Crippen LogP contribution in [-0.2, 0) is 16.1 Å². The van der Waals surface area contributed by atoms with E-state index in [1.165, 1.54) is 4.88 Å². The maximum Gasteiger partial charge on any atom is 0.246 e. The number of fused-ring (bicyclic) bond motifs is 1. The molecule has 138 valence electrons. The molecule has 0 aliphatic carbocycles. The van der Waals surface area contributed by atoms with Crippen LogP contribution in [0.25, 0.3) is 17.0 Å². The van der Waals surface area contributed by atoms with Gasteiger partial charge < -0.3 is 9.64 Å². The molecule has 0 saturated carbocycles. The van der Waals surface area contributed by atoms with Crippen molar-refractivity contribution in [2.24, 2.45) is 0 Å². The molecular weight excluding hydrogens is 356 g/mol. The first-order valence-corrected chi connectivity index (χ1v) is 10.1. The number of rotatable bonds is 6. The standard InChI is InChI=1S/C22H22N2O2S/c25-21(11-10-18-6-1-5-17-7-2-12-23-22(17)18)24(15-19-8-3-13-26-19)16-20-9-4-14-27-20/h1-2,4-7,9-12,14,19H,3,8,13,15-16H2/b11-10+. The predicted molar refractivity (Wildman–Crippen MR) is 109 cm³/mol. The Bertz CT molecular complexity index is 925. The number of carbonyl (C=O) groups excluding carboxylic acids is 1. The van der Waals surface area contributed by atoms with Gasteiger partial charge in [-0.15, -0.1) is 11.3 Å². The molecule has 1 aromatic carbocycles. The molecule has 1 unspecified atom stereocenters.